The van der Waals surface area contributed by atoms with E-state index < -0.39 is 0 Å². The quantitative estimate of drug-likeness (QED) is 0.802. The fourth-order valence-electron chi connectivity index (χ4n) is 2.59. The highest BCUT2D eigenvalue weighted by molar-refractivity contribution is 5.95. The Bertz CT molecular complexity index is 469. The number of nitrogens with one attached hydrogen (secondary N) is 1. The van der Waals surface area contributed by atoms with Crippen molar-refractivity contribution >= 4 is 11.6 Å². The first-order chi connectivity index (χ1) is 8.43. The van der Waals surface area contributed by atoms with Gasteiger partial charge in [-0.05, 0) is 37.3 Å². The Morgan fingerprint density at radius 1 is 1.22 bits per heavy atom. The maximum Gasteiger partial charge on any atom is 0.228 e. The minimum Gasteiger partial charge on any atom is -0.326 e. The van der Waals surface area contributed by atoms with Crippen LogP contribution in [0, 0.1) is 17.3 Å². The van der Waals surface area contributed by atoms with Crippen molar-refractivity contribution in [3.8, 4) is 0 Å². The second-order valence-electron chi connectivity index (χ2n) is 5.92. The molecule has 0 aromatic heterocycles. The topological polar surface area (TPSA) is 29.1 Å². The zero-order chi connectivity index (χ0) is 13.3. The molecule has 2 atom stereocenters. The molecular formula is C16H21NO. The molecule has 96 valence electrons. The van der Waals surface area contributed by atoms with Crippen LogP contribution < -0.4 is 5.32 Å². The summed E-state index contributed by atoms with van der Waals surface area (Å²) in [6, 6.07) is 9.65. The van der Waals surface area contributed by atoms with Gasteiger partial charge in [0.25, 0.3) is 0 Å². The van der Waals surface area contributed by atoms with Gasteiger partial charge in [0.1, 0.15) is 0 Å². The van der Waals surface area contributed by atoms with E-state index in [1.165, 1.54) is 5.57 Å². The molecule has 1 amide bonds. The lowest BCUT2D eigenvalue weighted by molar-refractivity contribution is -0.118. The van der Waals surface area contributed by atoms with Crippen molar-refractivity contribution in [3.63, 3.8) is 0 Å². The molecule has 0 heterocycles. The van der Waals surface area contributed by atoms with Gasteiger partial charge in [0.05, 0.1) is 5.92 Å². The molecule has 2 heteroatoms. The van der Waals surface area contributed by atoms with Crippen LogP contribution in [-0.4, -0.2) is 5.91 Å². The lowest BCUT2D eigenvalue weighted by Crippen LogP contribution is -2.16. The van der Waals surface area contributed by atoms with Gasteiger partial charge in [0, 0.05) is 5.69 Å². The second kappa shape index (κ2) is 4.60. The first-order valence-corrected chi connectivity index (χ1v) is 6.44. The highest BCUT2D eigenvalue weighted by Gasteiger charge is 2.60. The number of benzene rings is 1. The molecule has 1 N–H and O–H groups in total. The average Bonchev–Trinajstić information content (AvgIpc) is 2.80. The van der Waals surface area contributed by atoms with E-state index in [0.29, 0.717) is 5.92 Å². The molecular weight excluding hydrogens is 222 g/mol. The predicted octanol–water partition coefficient (Wildman–Crippen LogP) is 3.86. The molecule has 2 unspecified atom stereocenters. The third-order valence-electron chi connectivity index (χ3n) is 3.75. The van der Waals surface area contributed by atoms with E-state index in [4.69, 9.17) is 0 Å². The Kier molecular flexibility index (Phi) is 3.29. The number of allylic oxidation sites excluding steroid dienone is 2. The largest absolute Gasteiger partial charge is 0.326 e. The van der Waals surface area contributed by atoms with Crippen LogP contribution in [0.15, 0.2) is 42.0 Å². The van der Waals surface area contributed by atoms with Crippen LogP contribution in [0.1, 0.15) is 27.7 Å². The number of anilines is 1. The van der Waals surface area contributed by atoms with Crippen LogP contribution in [0.25, 0.3) is 0 Å². The summed E-state index contributed by atoms with van der Waals surface area (Å²) in [6.45, 7) is 8.49. The standard InChI is InChI=1S/C16H21NO/c1-11(2)10-13-14(16(13,3)4)15(18)17-12-8-6-5-7-9-12/h5-10,13-14H,1-4H3,(H,17,18). The lowest BCUT2D eigenvalue weighted by atomic mass is 10.1. The summed E-state index contributed by atoms with van der Waals surface area (Å²) in [4.78, 5) is 12.2. The zero-order valence-corrected chi connectivity index (χ0v) is 11.5. The van der Waals surface area contributed by atoms with Gasteiger partial charge in [-0.15, -0.1) is 0 Å². The normalized spacial score (nSPS) is 24.2. The summed E-state index contributed by atoms with van der Waals surface area (Å²) >= 11 is 0. The molecule has 1 aromatic carbocycles. The summed E-state index contributed by atoms with van der Waals surface area (Å²) in [5, 5.41) is 2.99. The molecule has 1 aliphatic carbocycles. The summed E-state index contributed by atoms with van der Waals surface area (Å²) in [5.74, 6) is 0.590. The Hall–Kier alpha value is -1.57. The molecule has 1 aromatic rings. The minimum absolute atomic E-state index is 0.0795. The first-order valence-electron chi connectivity index (χ1n) is 6.44. The summed E-state index contributed by atoms with van der Waals surface area (Å²) < 4.78 is 0. The van der Waals surface area contributed by atoms with E-state index in [1.807, 2.05) is 30.3 Å². The van der Waals surface area contributed by atoms with Gasteiger partial charge in [-0.3, -0.25) is 4.79 Å². The van der Waals surface area contributed by atoms with Crippen LogP contribution in [0.2, 0.25) is 0 Å². The van der Waals surface area contributed by atoms with Gasteiger partial charge in [-0.2, -0.15) is 0 Å². The van der Waals surface area contributed by atoms with E-state index in [-0.39, 0.29) is 17.2 Å². The molecule has 0 saturated heterocycles. The zero-order valence-electron chi connectivity index (χ0n) is 11.5. The molecule has 1 aliphatic rings. The van der Waals surface area contributed by atoms with Crippen LogP contribution in [0.5, 0.6) is 0 Å². The number of hydrogen-bond donors (Lipinski definition) is 1. The molecule has 0 radical (unpaired) electrons. The van der Waals surface area contributed by atoms with Gasteiger partial charge in [-0.25, -0.2) is 0 Å². The summed E-state index contributed by atoms with van der Waals surface area (Å²) in [7, 11) is 0. The SMILES string of the molecule is CC(C)=CC1C(C(=O)Nc2ccccc2)C1(C)C. The van der Waals surface area contributed by atoms with E-state index in [2.05, 4.69) is 39.1 Å². The van der Waals surface area contributed by atoms with Crippen LogP contribution >= 0.6 is 0 Å². The van der Waals surface area contributed by atoms with Crippen molar-refractivity contribution < 1.29 is 4.79 Å². The molecule has 2 nitrogen and oxygen atoms in total. The summed E-state index contributed by atoms with van der Waals surface area (Å²) in [5.41, 5.74) is 2.24. The van der Waals surface area contributed by atoms with Crippen LogP contribution in [0.4, 0.5) is 5.69 Å². The average molecular weight is 243 g/mol. The Balaban J connectivity index is 2.05. The summed E-state index contributed by atoms with van der Waals surface area (Å²) in [6.07, 6.45) is 2.22. The Morgan fingerprint density at radius 3 is 2.39 bits per heavy atom. The van der Waals surface area contributed by atoms with Gasteiger partial charge in [0.15, 0.2) is 0 Å². The number of amides is 1. The molecule has 0 spiro atoms. The molecule has 2 rings (SSSR count). The maximum atomic E-state index is 12.2. The molecule has 1 saturated carbocycles. The van der Waals surface area contributed by atoms with Gasteiger partial charge in [0.2, 0.25) is 5.91 Å². The van der Waals surface area contributed by atoms with Gasteiger partial charge in [-0.1, -0.05) is 43.7 Å². The van der Waals surface area contributed by atoms with Crippen LogP contribution in [0.3, 0.4) is 0 Å². The lowest BCUT2D eigenvalue weighted by Gasteiger charge is -2.05. The molecule has 0 bridgehead atoms. The Morgan fingerprint density at radius 2 is 1.83 bits per heavy atom. The highest BCUT2D eigenvalue weighted by Crippen LogP contribution is 2.59. The number of carbonyl (C=O) groups excluding carboxylic acids is 1. The van der Waals surface area contributed by atoms with E-state index in [9.17, 15) is 4.79 Å². The van der Waals surface area contributed by atoms with E-state index >= 15 is 0 Å². The minimum atomic E-state index is 0.0795. The monoisotopic (exact) mass is 243 g/mol. The predicted molar refractivity (Wildman–Crippen MR) is 75.3 cm³/mol. The Labute approximate surface area is 109 Å². The van der Waals surface area contributed by atoms with E-state index in [1.54, 1.807) is 0 Å². The van der Waals surface area contributed by atoms with Crippen LogP contribution in [-0.2, 0) is 4.79 Å². The maximum absolute atomic E-state index is 12.2. The molecule has 18 heavy (non-hydrogen) atoms. The molecule has 1 fully saturated rings. The second-order valence-corrected chi connectivity index (χ2v) is 5.92. The van der Waals surface area contributed by atoms with Crippen molar-refractivity contribution in [2.45, 2.75) is 27.7 Å². The van der Waals surface area contributed by atoms with Crippen molar-refractivity contribution in [2.75, 3.05) is 5.32 Å². The van der Waals surface area contributed by atoms with Crippen molar-refractivity contribution in [1.29, 1.82) is 0 Å². The number of para-hydroxylation sites is 1. The number of carbonyl (C=O) groups is 1. The van der Waals surface area contributed by atoms with Crippen molar-refractivity contribution in [3.05, 3.63) is 42.0 Å². The fourth-order valence-corrected chi connectivity index (χ4v) is 2.59. The van der Waals surface area contributed by atoms with Crippen molar-refractivity contribution in [2.24, 2.45) is 17.3 Å². The number of rotatable bonds is 3. The first kappa shape index (κ1) is 12.9. The van der Waals surface area contributed by atoms with Gasteiger partial charge >= 0.3 is 0 Å². The van der Waals surface area contributed by atoms with Crippen molar-refractivity contribution in [1.82, 2.24) is 0 Å². The third-order valence-corrected chi connectivity index (χ3v) is 3.75. The smallest absolute Gasteiger partial charge is 0.228 e. The number of hydrogen-bond acceptors (Lipinski definition) is 1. The molecule has 0 aliphatic heterocycles. The van der Waals surface area contributed by atoms with E-state index in [0.717, 1.165) is 5.69 Å². The third kappa shape index (κ3) is 2.47. The highest BCUT2D eigenvalue weighted by atomic mass is 16.2. The fraction of sp³-hybridized carbons (Fsp3) is 0.438. The van der Waals surface area contributed by atoms with Gasteiger partial charge < -0.3 is 5.32 Å².